The van der Waals surface area contributed by atoms with Crippen LogP contribution in [0, 0.1) is 17.1 Å². The number of thiophene rings is 1. The van der Waals surface area contributed by atoms with Gasteiger partial charge in [-0.2, -0.15) is 5.26 Å². The van der Waals surface area contributed by atoms with E-state index in [-0.39, 0.29) is 11.9 Å². The van der Waals surface area contributed by atoms with Crippen LogP contribution in [0.4, 0.5) is 4.39 Å². The molecule has 1 N–H and O–H groups in total. The van der Waals surface area contributed by atoms with Crippen LogP contribution < -0.4 is 10.1 Å². The van der Waals surface area contributed by atoms with Crippen LogP contribution >= 0.6 is 11.3 Å². The predicted octanol–water partition coefficient (Wildman–Crippen LogP) is 4.64. The fourth-order valence-electron chi connectivity index (χ4n) is 2.60. The molecule has 1 heterocycles. The fourth-order valence-corrected chi connectivity index (χ4v) is 3.53. The molecule has 0 radical (unpaired) electrons. The summed E-state index contributed by atoms with van der Waals surface area (Å²) in [5.41, 5.74) is 1.07. The van der Waals surface area contributed by atoms with E-state index in [1.54, 1.807) is 12.1 Å². The van der Waals surface area contributed by atoms with E-state index in [1.807, 2.05) is 37.4 Å². The molecule has 0 aliphatic rings. The molecule has 3 nitrogen and oxygen atoms in total. The molecule has 0 aliphatic heterocycles. The normalized spacial score (nSPS) is 12.0. The molecule has 2 aromatic carbocycles. The van der Waals surface area contributed by atoms with Gasteiger partial charge in [0.05, 0.1) is 4.70 Å². The van der Waals surface area contributed by atoms with Crippen molar-refractivity contribution in [2.24, 2.45) is 0 Å². The summed E-state index contributed by atoms with van der Waals surface area (Å²) in [6.45, 7) is 0.803. The highest BCUT2D eigenvalue weighted by molar-refractivity contribution is 7.19. The third-order valence-corrected chi connectivity index (χ3v) is 4.86. The van der Waals surface area contributed by atoms with Gasteiger partial charge in [0.2, 0.25) is 0 Å². The maximum atomic E-state index is 14.0. The number of nitriles is 1. The molecule has 0 aliphatic carbocycles. The van der Waals surface area contributed by atoms with Crippen molar-refractivity contribution in [2.45, 2.75) is 12.5 Å². The van der Waals surface area contributed by atoms with Crippen LogP contribution in [0.2, 0.25) is 0 Å². The molecule has 3 rings (SSSR count). The first kappa shape index (κ1) is 16.4. The third-order valence-electron chi connectivity index (χ3n) is 3.80. The number of ether oxygens (including phenoxy) is 1. The summed E-state index contributed by atoms with van der Waals surface area (Å²) in [6, 6.07) is 16.7. The van der Waals surface area contributed by atoms with Gasteiger partial charge in [-0.05, 0) is 37.4 Å². The molecule has 122 valence electrons. The van der Waals surface area contributed by atoms with Crippen molar-refractivity contribution in [2.75, 3.05) is 13.6 Å². The zero-order valence-electron chi connectivity index (χ0n) is 13.3. The molecule has 3 aromatic rings. The smallest absolute Gasteiger partial charge is 0.138 e. The lowest BCUT2D eigenvalue weighted by molar-refractivity contribution is 0.198. The van der Waals surface area contributed by atoms with Crippen molar-refractivity contribution in [3.05, 3.63) is 64.8 Å². The number of benzene rings is 2. The minimum Gasteiger partial charge on any atom is -0.484 e. The Balaban J connectivity index is 1.98. The number of fused-ring (bicyclic) bond motifs is 1. The highest BCUT2D eigenvalue weighted by Gasteiger charge is 2.17. The molecule has 0 saturated heterocycles. The van der Waals surface area contributed by atoms with Gasteiger partial charge in [-0.1, -0.05) is 30.3 Å². The lowest BCUT2D eigenvalue weighted by Gasteiger charge is -2.20. The summed E-state index contributed by atoms with van der Waals surface area (Å²) in [6.07, 6.45) is 0.649. The Hall–Kier alpha value is -2.42. The number of nitrogens with zero attached hydrogens (tertiary/aromatic N) is 1. The van der Waals surface area contributed by atoms with Crippen LogP contribution in [0.25, 0.3) is 10.1 Å². The second-order valence-electron chi connectivity index (χ2n) is 5.42. The second kappa shape index (κ2) is 7.43. The number of hydrogen-bond donors (Lipinski definition) is 1. The molecule has 0 fully saturated rings. The lowest BCUT2D eigenvalue weighted by Crippen LogP contribution is -2.16. The monoisotopic (exact) mass is 340 g/mol. The van der Waals surface area contributed by atoms with Crippen LogP contribution in [0.3, 0.4) is 0 Å². The molecule has 0 spiro atoms. The fraction of sp³-hybridized carbons (Fsp3) is 0.211. The molecule has 1 atom stereocenters. The highest BCUT2D eigenvalue weighted by atomic mass is 32.1. The molecule has 0 unspecified atom stereocenters. The molecule has 24 heavy (non-hydrogen) atoms. The van der Waals surface area contributed by atoms with Gasteiger partial charge in [-0.3, -0.25) is 0 Å². The molecule has 5 heteroatoms. The van der Waals surface area contributed by atoms with E-state index in [1.165, 1.54) is 17.4 Å². The van der Waals surface area contributed by atoms with Crippen LogP contribution in [0.1, 0.15) is 23.0 Å². The van der Waals surface area contributed by atoms with Gasteiger partial charge in [0.15, 0.2) is 0 Å². The van der Waals surface area contributed by atoms with E-state index in [9.17, 15) is 4.39 Å². The van der Waals surface area contributed by atoms with Crippen molar-refractivity contribution in [3.63, 3.8) is 0 Å². The molecular weight excluding hydrogens is 323 g/mol. The largest absolute Gasteiger partial charge is 0.484 e. The third kappa shape index (κ3) is 3.40. The summed E-state index contributed by atoms with van der Waals surface area (Å²) in [4.78, 5) is 0.478. The summed E-state index contributed by atoms with van der Waals surface area (Å²) < 4.78 is 20.9. The second-order valence-corrected chi connectivity index (χ2v) is 6.47. The van der Waals surface area contributed by atoms with Crippen molar-refractivity contribution in [1.29, 1.82) is 5.26 Å². The van der Waals surface area contributed by atoms with E-state index in [4.69, 9.17) is 10.00 Å². The van der Waals surface area contributed by atoms with Crippen molar-refractivity contribution >= 4 is 21.4 Å². The van der Waals surface area contributed by atoms with Gasteiger partial charge in [0, 0.05) is 11.8 Å². The lowest BCUT2D eigenvalue weighted by atomic mass is 10.1. The summed E-state index contributed by atoms with van der Waals surface area (Å²) in [5, 5.41) is 12.7. The van der Waals surface area contributed by atoms with Crippen molar-refractivity contribution in [1.82, 2.24) is 5.32 Å². The average molecular weight is 340 g/mol. The number of rotatable bonds is 6. The molecule has 1 aromatic heterocycles. The van der Waals surface area contributed by atoms with Crippen LogP contribution in [0.15, 0.2) is 48.5 Å². The molecule has 0 bridgehead atoms. The summed E-state index contributed by atoms with van der Waals surface area (Å²) in [5.74, 6) is 0.282. The van der Waals surface area contributed by atoms with Gasteiger partial charge < -0.3 is 10.1 Å². The summed E-state index contributed by atoms with van der Waals surface area (Å²) >= 11 is 1.26. The number of nitrogens with one attached hydrogen (secondary N) is 1. The van der Waals surface area contributed by atoms with Crippen molar-refractivity contribution < 1.29 is 9.13 Å². The first-order valence-electron chi connectivity index (χ1n) is 7.71. The average Bonchev–Trinajstić information content (AvgIpc) is 3.07. The highest BCUT2D eigenvalue weighted by Crippen LogP contribution is 2.37. The Morgan fingerprint density at radius 2 is 2.04 bits per heavy atom. The zero-order chi connectivity index (χ0) is 16.9. The minimum absolute atomic E-state index is 0.139. The minimum atomic E-state index is -0.332. The Bertz CT molecular complexity index is 870. The first-order valence-corrected chi connectivity index (χ1v) is 8.53. The van der Waals surface area contributed by atoms with Crippen LogP contribution in [-0.4, -0.2) is 13.6 Å². The Morgan fingerprint density at radius 1 is 1.25 bits per heavy atom. The van der Waals surface area contributed by atoms with E-state index in [0.717, 1.165) is 18.5 Å². The van der Waals surface area contributed by atoms with E-state index in [2.05, 4.69) is 11.4 Å². The van der Waals surface area contributed by atoms with Gasteiger partial charge >= 0.3 is 0 Å². The molecule has 0 saturated carbocycles. The topological polar surface area (TPSA) is 45.0 Å². The standard InChI is InChI=1S/C19H17FN2OS/c1-22-10-9-17(13-5-3-2-4-6-13)23-18-8-7-16(20)15-11-14(12-21)24-19(15)18/h2-8,11,17,22H,9-10H2,1H3/t17-/m1/s1. The SMILES string of the molecule is CNCC[C@@H](Oc1ccc(F)c2cc(C#N)sc12)c1ccccc1. The van der Waals surface area contributed by atoms with Gasteiger partial charge in [0.25, 0.3) is 0 Å². The Labute approximate surface area is 144 Å². The predicted molar refractivity (Wildman–Crippen MR) is 94.9 cm³/mol. The Morgan fingerprint density at radius 3 is 2.75 bits per heavy atom. The molecular formula is C19H17FN2OS. The number of halogens is 1. The quantitative estimate of drug-likeness (QED) is 0.711. The maximum Gasteiger partial charge on any atom is 0.138 e. The van der Waals surface area contributed by atoms with Gasteiger partial charge in [-0.25, -0.2) is 4.39 Å². The molecule has 0 amide bonds. The summed E-state index contributed by atoms with van der Waals surface area (Å²) in [7, 11) is 1.90. The van der Waals surface area contributed by atoms with E-state index in [0.29, 0.717) is 20.7 Å². The maximum absolute atomic E-state index is 14.0. The Kier molecular flexibility index (Phi) is 5.09. The van der Waals surface area contributed by atoms with Crippen LogP contribution in [0.5, 0.6) is 5.75 Å². The van der Waals surface area contributed by atoms with Crippen LogP contribution in [-0.2, 0) is 0 Å². The first-order chi connectivity index (χ1) is 11.7. The van der Waals surface area contributed by atoms with Gasteiger partial charge in [-0.15, -0.1) is 11.3 Å². The number of hydrogen-bond acceptors (Lipinski definition) is 4. The van der Waals surface area contributed by atoms with Gasteiger partial charge in [0.1, 0.15) is 28.6 Å². The van der Waals surface area contributed by atoms with E-state index >= 15 is 0 Å². The van der Waals surface area contributed by atoms with Crippen molar-refractivity contribution in [3.8, 4) is 11.8 Å². The van der Waals surface area contributed by atoms with E-state index < -0.39 is 0 Å². The zero-order valence-corrected chi connectivity index (χ0v) is 14.1.